The molecule has 4 rings (SSSR count). The van der Waals surface area contributed by atoms with E-state index in [9.17, 15) is 8.78 Å². The molecule has 7 heteroatoms. The molecule has 2 heterocycles. The largest absolute Gasteiger partial charge is 0.495 e. The summed E-state index contributed by atoms with van der Waals surface area (Å²) in [5.41, 5.74) is 9.36. The van der Waals surface area contributed by atoms with E-state index in [1.807, 2.05) is 30.3 Å². The smallest absolute Gasteiger partial charge is 0.387 e. The fourth-order valence-electron chi connectivity index (χ4n) is 3.74. The van der Waals surface area contributed by atoms with Crippen LogP contribution in [0.5, 0.6) is 11.5 Å². The van der Waals surface area contributed by atoms with Gasteiger partial charge in [0.05, 0.1) is 24.5 Å². The molecule has 0 saturated carbocycles. The van der Waals surface area contributed by atoms with Gasteiger partial charge >= 0.3 is 6.61 Å². The molecule has 1 aromatic heterocycles. The van der Waals surface area contributed by atoms with E-state index >= 15 is 0 Å². The predicted molar refractivity (Wildman–Crippen MR) is 110 cm³/mol. The number of pyridine rings is 1. The van der Waals surface area contributed by atoms with Crippen molar-refractivity contribution in [2.75, 3.05) is 13.7 Å². The van der Waals surface area contributed by atoms with Gasteiger partial charge in [0.2, 0.25) is 0 Å². The second kappa shape index (κ2) is 8.02. The molecule has 1 unspecified atom stereocenters. The quantitative estimate of drug-likeness (QED) is 0.643. The van der Waals surface area contributed by atoms with Gasteiger partial charge in [-0.3, -0.25) is 4.98 Å². The molecule has 0 fully saturated rings. The summed E-state index contributed by atoms with van der Waals surface area (Å²) in [5.74, 6) is 1.35. The fraction of sp³-hybridized carbons (Fsp3) is 0.174. The Labute approximate surface area is 173 Å². The van der Waals surface area contributed by atoms with Crippen molar-refractivity contribution >= 4 is 0 Å². The minimum atomic E-state index is -2.86. The standard InChI is InChI=1S/C23H21F2N3O2/c1-29-20-10-16(12-27-13-20)15-3-2-4-18(9-15)23(11-21(26)28-14-23)17-5-7-19(8-6-17)30-22(24)25/h2-13,22,28H,14,26H2,1H3. The first kappa shape index (κ1) is 19.7. The lowest BCUT2D eigenvalue weighted by molar-refractivity contribution is -0.0498. The Morgan fingerprint density at radius 2 is 1.80 bits per heavy atom. The molecule has 3 N–H and O–H groups in total. The first-order chi connectivity index (χ1) is 14.5. The number of benzene rings is 2. The van der Waals surface area contributed by atoms with Crippen LogP contribution in [0.15, 0.2) is 78.9 Å². The maximum Gasteiger partial charge on any atom is 0.387 e. The van der Waals surface area contributed by atoms with Crippen LogP contribution in [0.25, 0.3) is 11.1 Å². The number of ether oxygens (including phenoxy) is 2. The van der Waals surface area contributed by atoms with Gasteiger partial charge in [0.15, 0.2) is 0 Å². The molecular weight excluding hydrogens is 388 g/mol. The second-order valence-corrected chi connectivity index (χ2v) is 7.02. The summed E-state index contributed by atoms with van der Waals surface area (Å²) < 4.78 is 34.8. The number of nitrogens with one attached hydrogen (secondary N) is 1. The van der Waals surface area contributed by atoms with Crippen LogP contribution in [0.2, 0.25) is 0 Å². The van der Waals surface area contributed by atoms with Gasteiger partial charge in [0.25, 0.3) is 0 Å². The van der Waals surface area contributed by atoms with E-state index in [0.717, 1.165) is 22.3 Å². The van der Waals surface area contributed by atoms with Crippen molar-refractivity contribution in [3.63, 3.8) is 0 Å². The molecule has 154 valence electrons. The number of nitrogens with two attached hydrogens (primary N) is 1. The second-order valence-electron chi connectivity index (χ2n) is 7.02. The third kappa shape index (κ3) is 3.78. The number of rotatable bonds is 6. The van der Waals surface area contributed by atoms with Gasteiger partial charge < -0.3 is 20.5 Å². The molecule has 0 aliphatic carbocycles. The highest BCUT2D eigenvalue weighted by Crippen LogP contribution is 2.39. The molecule has 5 nitrogen and oxygen atoms in total. The van der Waals surface area contributed by atoms with Crippen LogP contribution in [-0.4, -0.2) is 25.3 Å². The van der Waals surface area contributed by atoms with E-state index in [1.165, 1.54) is 0 Å². The van der Waals surface area contributed by atoms with Gasteiger partial charge in [-0.15, -0.1) is 0 Å². The number of alkyl halides is 2. The van der Waals surface area contributed by atoms with Crippen LogP contribution in [0.1, 0.15) is 11.1 Å². The third-order valence-corrected chi connectivity index (χ3v) is 5.23. The highest BCUT2D eigenvalue weighted by atomic mass is 19.3. The van der Waals surface area contributed by atoms with Gasteiger partial charge in [-0.2, -0.15) is 8.78 Å². The van der Waals surface area contributed by atoms with Crippen LogP contribution in [0.4, 0.5) is 8.78 Å². The average Bonchev–Trinajstić information content (AvgIpc) is 3.17. The minimum Gasteiger partial charge on any atom is -0.495 e. The zero-order valence-corrected chi connectivity index (χ0v) is 16.3. The summed E-state index contributed by atoms with van der Waals surface area (Å²) in [4.78, 5) is 4.24. The van der Waals surface area contributed by atoms with Crippen LogP contribution < -0.4 is 20.5 Å². The van der Waals surface area contributed by atoms with Crippen molar-refractivity contribution in [3.8, 4) is 22.6 Å². The van der Waals surface area contributed by atoms with Gasteiger partial charge in [0, 0.05) is 18.3 Å². The molecule has 2 aromatic carbocycles. The van der Waals surface area contributed by atoms with Gasteiger partial charge in [0.1, 0.15) is 11.5 Å². The number of hydrogen-bond donors (Lipinski definition) is 2. The molecule has 1 aliphatic rings. The first-order valence-electron chi connectivity index (χ1n) is 9.38. The Kier molecular flexibility index (Phi) is 5.27. The molecule has 0 radical (unpaired) electrons. The lowest BCUT2D eigenvalue weighted by Gasteiger charge is -2.28. The zero-order valence-electron chi connectivity index (χ0n) is 16.3. The van der Waals surface area contributed by atoms with Crippen molar-refractivity contribution in [2.24, 2.45) is 5.73 Å². The maximum absolute atomic E-state index is 12.5. The predicted octanol–water partition coefficient (Wildman–Crippen LogP) is 4.05. The van der Waals surface area contributed by atoms with E-state index < -0.39 is 12.0 Å². The summed E-state index contributed by atoms with van der Waals surface area (Å²) in [5, 5.41) is 3.19. The average molecular weight is 409 g/mol. The Morgan fingerprint density at radius 3 is 2.47 bits per heavy atom. The normalized spacial score (nSPS) is 18.1. The Morgan fingerprint density at radius 1 is 1.00 bits per heavy atom. The van der Waals surface area contributed by atoms with Crippen LogP contribution in [-0.2, 0) is 5.41 Å². The molecule has 0 saturated heterocycles. The van der Waals surface area contributed by atoms with Crippen LogP contribution >= 0.6 is 0 Å². The minimum absolute atomic E-state index is 0.114. The van der Waals surface area contributed by atoms with Crippen molar-refractivity contribution in [3.05, 3.63) is 90.0 Å². The third-order valence-electron chi connectivity index (χ3n) is 5.23. The molecule has 3 aromatic rings. The Hall–Kier alpha value is -3.61. The van der Waals surface area contributed by atoms with Crippen molar-refractivity contribution in [1.82, 2.24) is 10.3 Å². The number of methoxy groups -OCH3 is 1. The Balaban J connectivity index is 1.76. The van der Waals surface area contributed by atoms with Crippen molar-refractivity contribution in [2.45, 2.75) is 12.0 Å². The number of hydrogen-bond acceptors (Lipinski definition) is 5. The zero-order chi connectivity index (χ0) is 21.1. The lowest BCUT2D eigenvalue weighted by atomic mass is 9.75. The highest BCUT2D eigenvalue weighted by molar-refractivity contribution is 5.66. The fourth-order valence-corrected chi connectivity index (χ4v) is 3.74. The van der Waals surface area contributed by atoms with E-state index in [4.69, 9.17) is 10.5 Å². The molecule has 1 aliphatic heterocycles. The summed E-state index contributed by atoms with van der Waals surface area (Å²) in [6.07, 6.45) is 5.39. The highest BCUT2D eigenvalue weighted by Gasteiger charge is 2.36. The van der Waals surface area contributed by atoms with Gasteiger partial charge in [-0.25, -0.2) is 0 Å². The van der Waals surface area contributed by atoms with Gasteiger partial charge in [-0.1, -0.05) is 30.3 Å². The molecule has 0 amide bonds. The monoisotopic (exact) mass is 409 g/mol. The molecule has 30 heavy (non-hydrogen) atoms. The van der Waals surface area contributed by atoms with Crippen molar-refractivity contribution in [1.29, 1.82) is 0 Å². The Bertz CT molecular complexity index is 1070. The number of nitrogens with zero attached hydrogens (tertiary/aromatic N) is 1. The molecule has 0 spiro atoms. The van der Waals surface area contributed by atoms with E-state index in [2.05, 4.69) is 21.1 Å². The topological polar surface area (TPSA) is 69.4 Å². The van der Waals surface area contributed by atoms with E-state index in [-0.39, 0.29) is 5.75 Å². The van der Waals surface area contributed by atoms with E-state index in [0.29, 0.717) is 18.1 Å². The van der Waals surface area contributed by atoms with Gasteiger partial charge in [-0.05, 0) is 47.0 Å². The first-order valence-corrected chi connectivity index (χ1v) is 9.38. The molecule has 1 atom stereocenters. The van der Waals surface area contributed by atoms with Crippen LogP contribution in [0.3, 0.4) is 0 Å². The molecule has 0 bridgehead atoms. The maximum atomic E-state index is 12.5. The number of aromatic nitrogens is 1. The SMILES string of the molecule is COc1cncc(-c2cccc(C3(c4ccc(OC(F)F)cc4)C=C(N)NC3)c2)c1. The summed E-state index contributed by atoms with van der Waals surface area (Å²) >= 11 is 0. The summed E-state index contributed by atoms with van der Waals surface area (Å²) in [7, 11) is 1.60. The summed E-state index contributed by atoms with van der Waals surface area (Å²) in [6, 6.07) is 16.7. The molecular formula is C23H21F2N3O2. The van der Waals surface area contributed by atoms with Crippen LogP contribution in [0, 0.1) is 0 Å². The van der Waals surface area contributed by atoms with Crippen molar-refractivity contribution < 1.29 is 18.3 Å². The summed E-state index contributed by atoms with van der Waals surface area (Å²) in [6.45, 7) is -2.31. The number of halogens is 2. The van der Waals surface area contributed by atoms with E-state index in [1.54, 1.807) is 43.8 Å². The lowest BCUT2D eigenvalue weighted by Crippen LogP contribution is -2.31.